The Hall–Kier alpha value is -2.38. The summed E-state index contributed by atoms with van der Waals surface area (Å²) < 4.78 is 1.51. The summed E-state index contributed by atoms with van der Waals surface area (Å²) in [7, 11) is 1.70. The lowest BCUT2D eigenvalue weighted by atomic mass is 9.85. The van der Waals surface area contributed by atoms with E-state index in [9.17, 15) is 9.59 Å². The minimum atomic E-state index is -0.214. The maximum Gasteiger partial charge on any atom is 0.343 e. The zero-order valence-corrected chi connectivity index (χ0v) is 12.4. The molecule has 22 heavy (non-hydrogen) atoms. The standard InChI is InChI=1S/C14H18N6O2/c1-19-12(17-18-14(19)22)9-6-20(7-9)13(21)10-4-2-3-8-5-15-16-11(8)10/h5,9-10H,2-4,6-7H2,1H3,(H,15,16)(H,18,22). The van der Waals surface area contributed by atoms with Gasteiger partial charge in [-0.05, 0) is 24.8 Å². The van der Waals surface area contributed by atoms with E-state index >= 15 is 0 Å². The van der Waals surface area contributed by atoms with Crippen LogP contribution in [-0.2, 0) is 18.3 Å². The van der Waals surface area contributed by atoms with E-state index in [0.717, 1.165) is 36.3 Å². The third kappa shape index (κ3) is 1.90. The highest BCUT2D eigenvalue weighted by molar-refractivity contribution is 5.84. The van der Waals surface area contributed by atoms with Gasteiger partial charge in [0.1, 0.15) is 5.82 Å². The molecule has 0 spiro atoms. The first kappa shape index (κ1) is 13.3. The van der Waals surface area contributed by atoms with Crippen molar-refractivity contribution in [1.82, 2.24) is 29.9 Å². The molecule has 8 nitrogen and oxygen atoms in total. The second-order valence-corrected chi connectivity index (χ2v) is 6.14. The molecule has 0 bridgehead atoms. The number of carbonyl (C=O) groups excluding carboxylic acids is 1. The predicted octanol–water partition coefficient (Wildman–Crippen LogP) is -0.123. The van der Waals surface area contributed by atoms with Gasteiger partial charge in [0.2, 0.25) is 5.91 Å². The lowest BCUT2D eigenvalue weighted by Gasteiger charge is -2.40. The largest absolute Gasteiger partial charge is 0.343 e. The number of aromatic nitrogens is 5. The van der Waals surface area contributed by atoms with Crippen molar-refractivity contribution in [3.8, 4) is 0 Å². The molecule has 4 rings (SSSR count). The number of carbonyl (C=O) groups is 1. The Morgan fingerprint density at radius 1 is 1.36 bits per heavy atom. The Kier molecular flexibility index (Phi) is 2.91. The van der Waals surface area contributed by atoms with Crippen molar-refractivity contribution in [2.75, 3.05) is 13.1 Å². The number of rotatable bonds is 2. The van der Waals surface area contributed by atoms with Crippen LogP contribution in [0.5, 0.6) is 0 Å². The second kappa shape index (κ2) is 4.82. The molecule has 1 fully saturated rings. The van der Waals surface area contributed by atoms with E-state index in [1.54, 1.807) is 7.05 Å². The smallest absolute Gasteiger partial charge is 0.341 e. The summed E-state index contributed by atoms with van der Waals surface area (Å²) in [5.41, 5.74) is 1.93. The molecule has 0 saturated carbocycles. The minimum absolute atomic E-state index is 0.102. The van der Waals surface area contributed by atoms with E-state index < -0.39 is 0 Å². The van der Waals surface area contributed by atoms with E-state index in [2.05, 4.69) is 20.4 Å². The van der Waals surface area contributed by atoms with Crippen LogP contribution in [0, 0.1) is 0 Å². The highest BCUT2D eigenvalue weighted by Gasteiger charge is 2.39. The monoisotopic (exact) mass is 302 g/mol. The van der Waals surface area contributed by atoms with Crippen LogP contribution >= 0.6 is 0 Å². The molecule has 1 aliphatic carbocycles. The summed E-state index contributed by atoms with van der Waals surface area (Å²) in [5.74, 6) is 0.912. The van der Waals surface area contributed by atoms with Crippen molar-refractivity contribution in [1.29, 1.82) is 0 Å². The number of hydrogen-bond donors (Lipinski definition) is 2. The molecule has 1 unspecified atom stereocenters. The van der Waals surface area contributed by atoms with Crippen molar-refractivity contribution >= 4 is 5.91 Å². The molecular weight excluding hydrogens is 284 g/mol. The molecule has 1 amide bonds. The van der Waals surface area contributed by atoms with Gasteiger partial charge in [-0.1, -0.05) is 0 Å². The van der Waals surface area contributed by atoms with E-state index in [4.69, 9.17) is 0 Å². The molecule has 0 radical (unpaired) electrons. The highest BCUT2D eigenvalue weighted by atomic mass is 16.2. The molecule has 2 aromatic heterocycles. The molecular formula is C14H18N6O2. The van der Waals surface area contributed by atoms with Gasteiger partial charge in [-0.15, -0.1) is 0 Å². The fourth-order valence-corrected chi connectivity index (χ4v) is 3.48. The summed E-state index contributed by atoms with van der Waals surface area (Å²) in [5, 5.41) is 13.5. The molecule has 2 aliphatic rings. The second-order valence-electron chi connectivity index (χ2n) is 6.14. The Morgan fingerprint density at radius 3 is 2.91 bits per heavy atom. The van der Waals surface area contributed by atoms with Crippen molar-refractivity contribution in [2.24, 2.45) is 7.05 Å². The lowest BCUT2D eigenvalue weighted by Crippen LogP contribution is -2.51. The van der Waals surface area contributed by atoms with Crippen molar-refractivity contribution in [2.45, 2.75) is 31.1 Å². The molecule has 8 heteroatoms. The van der Waals surface area contributed by atoms with Gasteiger partial charge in [-0.25, -0.2) is 9.89 Å². The van der Waals surface area contributed by atoms with Gasteiger partial charge < -0.3 is 4.90 Å². The normalized spacial score (nSPS) is 21.5. The Balaban J connectivity index is 1.47. The third-order valence-corrected chi connectivity index (χ3v) is 4.81. The summed E-state index contributed by atoms with van der Waals surface area (Å²) in [6.45, 7) is 1.24. The van der Waals surface area contributed by atoms with Gasteiger partial charge in [0, 0.05) is 20.1 Å². The number of likely N-dealkylation sites (tertiary alicyclic amines) is 1. The number of hydrogen-bond acceptors (Lipinski definition) is 4. The predicted molar refractivity (Wildman–Crippen MR) is 77.4 cm³/mol. The number of nitrogens with one attached hydrogen (secondary N) is 2. The van der Waals surface area contributed by atoms with Crippen molar-refractivity contribution in [3.63, 3.8) is 0 Å². The van der Waals surface area contributed by atoms with Crippen LogP contribution in [0.3, 0.4) is 0 Å². The Bertz CT molecular complexity index is 766. The van der Waals surface area contributed by atoms with Crippen LogP contribution in [-0.4, -0.2) is 48.9 Å². The maximum absolute atomic E-state index is 12.7. The number of amides is 1. The van der Waals surface area contributed by atoms with Gasteiger partial charge in [0.05, 0.1) is 23.7 Å². The van der Waals surface area contributed by atoms with Gasteiger partial charge in [-0.2, -0.15) is 10.2 Å². The van der Waals surface area contributed by atoms with Crippen LogP contribution in [0.2, 0.25) is 0 Å². The van der Waals surface area contributed by atoms with Crippen LogP contribution in [0.15, 0.2) is 11.0 Å². The van der Waals surface area contributed by atoms with Crippen LogP contribution < -0.4 is 5.69 Å². The molecule has 3 heterocycles. The summed E-state index contributed by atoms with van der Waals surface area (Å²) in [6.07, 6.45) is 4.71. The zero-order chi connectivity index (χ0) is 15.3. The molecule has 116 valence electrons. The molecule has 1 saturated heterocycles. The van der Waals surface area contributed by atoms with Gasteiger partial charge in [-0.3, -0.25) is 14.5 Å². The zero-order valence-electron chi connectivity index (χ0n) is 12.4. The van der Waals surface area contributed by atoms with Crippen LogP contribution in [0.4, 0.5) is 0 Å². The summed E-state index contributed by atoms with van der Waals surface area (Å²) in [6, 6.07) is 0. The number of aromatic amines is 2. The lowest BCUT2D eigenvalue weighted by molar-refractivity contribution is -0.137. The van der Waals surface area contributed by atoms with Crippen molar-refractivity contribution < 1.29 is 4.79 Å². The number of H-pyrrole nitrogens is 2. The summed E-state index contributed by atoms with van der Waals surface area (Å²) >= 11 is 0. The fraction of sp³-hybridized carbons (Fsp3) is 0.571. The number of fused-ring (bicyclic) bond motifs is 1. The average molecular weight is 302 g/mol. The third-order valence-electron chi connectivity index (χ3n) is 4.81. The summed E-state index contributed by atoms with van der Waals surface area (Å²) in [4.78, 5) is 25.9. The van der Waals surface area contributed by atoms with Gasteiger partial charge in [0.25, 0.3) is 0 Å². The molecule has 1 aliphatic heterocycles. The number of aryl methyl sites for hydroxylation is 1. The van der Waals surface area contributed by atoms with E-state index in [0.29, 0.717) is 13.1 Å². The molecule has 2 N–H and O–H groups in total. The first-order valence-electron chi connectivity index (χ1n) is 7.57. The van der Waals surface area contributed by atoms with Crippen molar-refractivity contribution in [3.05, 3.63) is 33.8 Å². The topological polar surface area (TPSA) is 99.7 Å². The minimum Gasteiger partial charge on any atom is -0.341 e. The fourth-order valence-electron chi connectivity index (χ4n) is 3.48. The SMILES string of the molecule is Cn1c(C2CN(C(=O)C3CCCc4cn[nH]c43)C2)n[nH]c1=O. The quantitative estimate of drug-likeness (QED) is 0.807. The van der Waals surface area contributed by atoms with E-state index in [1.165, 1.54) is 4.57 Å². The average Bonchev–Trinajstić information content (AvgIpc) is 3.06. The first-order valence-corrected chi connectivity index (χ1v) is 7.57. The highest BCUT2D eigenvalue weighted by Crippen LogP contribution is 2.34. The Morgan fingerprint density at radius 2 is 2.18 bits per heavy atom. The molecule has 0 aromatic carbocycles. The van der Waals surface area contributed by atoms with Gasteiger partial charge in [0.15, 0.2) is 0 Å². The van der Waals surface area contributed by atoms with Gasteiger partial charge >= 0.3 is 5.69 Å². The maximum atomic E-state index is 12.7. The molecule has 2 aromatic rings. The molecule has 1 atom stereocenters. The van der Waals surface area contributed by atoms with Crippen LogP contribution in [0.1, 0.15) is 41.8 Å². The number of nitrogens with zero attached hydrogens (tertiary/aromatic N) is 4. The Labute approximate surface area is 126 Å². The van der Waals surface area contributed by atoms with E-state index in [1.807, 2.05) is 11.1 Å². The van der Waals surface area contributed by atoms with E-state index in [-0.39, 0.29) is 23.4 Å². The van der Waals surface area contributed by atoms with Crippen LogP contribution in [0.25, 0.3) is 0 Å². The first-order chi connectivity index (χ1) is 10.6.